The van der Waals surface area contributed by atoms with E-state index >= 15 is 0 Å². The number of aromatic nitrogens is 4. The van der Waals surface area contributed by atoms with Crippen molar-refractivity contribution >= 4 is 22.4 Å². The lowest BCUT2D eigenvalue weighted by atomic mass is 9.98. The van der Waals surface area contributed by atoms with Gasteiger partial charge in [0.2, 0.25) is 5.13 Å². The second-order valence-corrected chi connectivity index (χ2v) is 6.03. The molecule has 24 heavy (non-hydrogen) atoms. The molecule has 0 fully saturated rings. The highest BCUT2D eigenvalue weighted by atomic mass is 32.1. The second kappa shape index (κ2) is 6.71. The molecular formula is C16H15N5O2S. The van der Waals surface area contributed by atoms with Crippen LogP contribution < -0.4 is 10.1 Å². The van der Waals surface area contributed by atoms with Crippen LogP contribution in [-0.2, 0) is 0 Å². The Labute approximate surface area is 142 Å². The first-order valence-electron chi connectivity index (χ1n) is 7.15. The van der Waals surface area contributed by atoms with E-state index in [0.717, 1.165) is 33.7 Å². The fourth-order valence-electron chi connectivity index (χ4n) is 2.25. The number of ether oxygens (including phenoxy) is 1. The quantitative estimate of drug-likeness (QED) is 0.785. The third-order valence-electron chi connectivity index (χ3n) is 3.40. The molecule has 3 aromatic rings. The molecule has 122 valence electrons. The lowest BCUT2D eigenvalue weighted by molar-refractivity contribution is 0.102. The summed E-state index contributed by atoms with van der Waals surface area (Å²) in [5.41, 5.74) is 4.01. The molecule has 0 radical (unpaired) electrons. The zero-order chi connectivity index (χ0) is 17.1. The molecule has 0 aliphatic rings. The summed E-state index contributed by atoms with van der Waals surface area (Å²) >= 11 is 1.16. The topological polar surface area (TPSA) is 89.9 Å². The van der Waals surface area contributed by atoms with E-state index in [1.807, 2.05) is 26.0 Å². The van der Waals surface area contributed by atoms with Gasteiger partial charge < -0.3 is 4.74 Å². The number of hydrogen-bond acceptors (Lipinski definition) is 7. The first-order valence-corrected chi connectivity index (χ1v) is 7.96. The van der Waals surface area contributed by atoms with Gasteiger partial charge in [0.15, 0.2) is 0 Å². The summed E-state index contributed by atoms with van der Waals surface area (Å²) in [6, 6.07) is 3.77. The van der Waals surface area contributed by atoms with Crippen LogP contribution in [0.2, 0.25) is 0 Å². The maximum atomic E-state index is 12.7. The number of nitrogens with one attached hydrogen (secondary N) is 1. The number of methoxy groups -OCH3 is 1. The van der Waals surface area contributed by atoms with Crippen LogP contribution in [0.3, 0.4) is 0 Å². The van der Waals surface area contributed by atoms with Crippen LogP contribution in [0.5, 0.6) is 5.19 Å². The van der Waals surface area contributed by atoms with E-state index < -0.39 is 0 Å². The van der Waals surface area contributed by atoms with E-state index in [4.69, 9.17) is 4.74 Å². The van der Waals surface area contributed by atoms with Gasteiger partial charge in [-0.05, 0) is 54.0 Å². The van der Waals surface area contributed by atoms with Gasteiger partial charge in [-0.1, -0.05) is 5.10 Å². The predicted molar refractivity (Wildman–Crippen MR) is 91.4 cm³/mol. The first-order chi connectivity index (χ1) is 11.6. The Morgan fingerprint density at radius 2 is 2.04 bits per heavy atom. The van der Waals surface area contributed by atoms with Crippen molar-refractivity contribution in [1.29, 1.82) is 0 Å². The van der Waals surface area contributed by atoms with Crippen molar-refractivity contribution in [3.8, 4) is 16.3 Å². The van der Waals surface area contributed by atoms with Crippen molar-refractivity contribution in [3.63, 3.8) is 0 Å². The van der Waals surface area contributed by atoms with Gasteiger partial charge >= 0.3 is 0 Å². The largest absolute Gasteiger partial charge is 0.472 e. The highest BCUT2D eigenvalue weighted by Crippen LogP contribution is 2.28. The average Bonchev–Trinajstić information content (AvgIpc) is 3.02. The third-order valence-corrected chi connectivity index (χ3v) is 4.20. The molecular weight excluding hydrogens is 326 g/mol. The van der Waals surface area contributed by atoms with Crippen molar-refractivity contribution in [1.82, 2.24) is 20.2 Å². The zero-order valence-corrected chi connectivity index (χ0v) is 14.2. The Morgan fingerprint density at radius 1 is 1.21 bits per heavy atom. The van der Waals surface area contributed by atoms with Crippen molar-refractivity contribution in [2.45, 2.75) is 13.8 Å². The van der Waals surface area contributed by atoms with Crippen LogP contribution >= 0.6 is 11.3 Å². The number of carbonyl (C=O) groups excluding carboxylic acids is 1. The van der Waals surface area contributed by atoms with Crippen molar-refractivity contribution in [2.75, 3.05) is 12.4 Å². The standard InChI is InChI=1S/C16H15N5O2S/c1-9-7-17-5-4-11(9)12-6-10(2)18-8-13(12)14(22)19-15-20-21-16(23-3)24-15/h4-8H,1-3H3,(H,19,20,22). The Morgan fingerprint density at radius 3 is 2.75 bits per heavy atom. The summed E-state index contributed by atoms with van der Waals surface area (Å²) in [5, 5.41) is 11.2. The summed E-state index contributed by atoms with van der Waals surface area (Å²) in [6.07, 6.45) is 5.04. The lowest BCUT2D eigenvalue weighted by Gasteiger charge is -2.11. The molecule has 0 bridgehead atoms. The summed E-state index contributed by atoms with van der Waals surface area (Å²) in [4.78, 5) is 21.0. The Kier molecular flexibility index (Phi) is 4.48. The fourth-order valence-corrected chi connectivity index (χ4v) is 2.80. The van der Waals surface area contributed by atoms with Crippen LogP contribution in [0.1, 0.15) is 21.6 Å². The van der Waals surface area contributed by atoms with E-state index in [0.29, 0.717) is 15.9 Å². The number of hydrogen-bond donors (Lipinski definition) is 1. The lowest BCUT2D eigenvalue weighted by Crippen LogP contribution is -2.14. The monoisotopic (exact) mass is 341 g/mol. The van der Waals surface area contributed by atoms with Gasteiger partial charge in [0.25, 0.3) is 11.1 Å². The van der Waals surface area contributed by atoms with Crippen LogP contribution in [0.4, 0.5) is 5.13 Å². The van der Waals surface area contributed by atoms with Crippen LogP contribution in [0.25, 0.3) is 11.1 Å². The van der Waals surface area contributed by atoms with Crippen LogP contribution in [0, 0.1) is 13.8 Å². The molecule has 0 spiro atoms. The molecule has 0 saturated heterocycles. The van der Waals surface area contributed by atoms with E-state index in [1.165, 1.54) is 7.11 Å². The molecule has 0 unspecified atom stereocenters. The molecule has 8 heteroatoms. The smallest absolute Gasteiger partial charge is 0.295 e. The first kappa shape index (κ1) is 16.0. The summed E-state index contributed by atoms with van der Waals surface area (Å²) in [5.74, 6) is -0.299. The highest BCUT2D eigenvalue weighted by Gasteiger charge is 2.17. The minimum absolute atomic E-state index is 0.299. The maximum Gasteiger partial charge on any atom is 0.295 e. The molecule has 3 rings (SSSR count). The number of rotatable bonds is 4. The summed E-state index contributed by atoms with van der Waals surface area (Å²) < 4.78 is 4.98. The number of anilines is 1. The molecule has 3 heterocycles. The van der Waals surface area contributed by atoms with Crippen LogP contribution in [-0.4, -0.2) is 33.2 Å². The number of aryl methyl sites for hydroxylation is 2. The van der Waals surface area contributed by atoms with E-state index in [2.05, 4.69) is 25.5 Å². The van der Waals surface area contributed by atoms with Gasteiger partial charge in [-0.2, -0.15) is 0 Å². The highest BCUT2D eigenvalue weighted by molar-refractivity contribution is 7.17. The van der Waals surface area contributed by atoms with Gasteiger partial charge in [0, 0.05) is 24.3 Å². The number of nitrogens with zero attached hydrogens (tertiary/aromatic N) is 4. The van der Waals surface area contributed by atoms with Crippen molar-refractivity contribution < 1.29 is 9.53 Å². The molecule has 1 amide bonds. The van der Waals surface area contributed by atoms with Gasteiger partial charge in [0.05, 0.1) is 12.7 Å². The Hall–Kier alpha value is -2.87. The fraction of sp³-hybridized carbons (Fsp3) is 0.188. The van der Waals surface area contributed by atoms with Gasteiger partial charge in [-0.15, -0.1) is 5.10 Å². The van der Waals surface area contributed by atoms with E-state index in [1.54, 1.807) is 18.6 Å². The number of amides is 1. The van der Waals surface area contributed by atoms with E-state index in [-0.39, 0.29) is 5.91 Å². The van der Waals surface area contributed by atoms with Crippen LogP contribution in [0.15, 0.2) is 30.7 Å². The number of pyridine rings is 2. The average molecular weight is 341 g/mol. The Bertz CT molecular complexity index is 894. The summed E-state index contributed by atoms with van der Waals surface area (Å²) in [6.45, 7) is 3.84. The van der Waals surface area contributed by atoms with Gasteiger partial charge in [0.1, 0.15) is 0 Å². The Balaban J connectivity index is 1.98. The molecule has 0 aliphatic carbocycles. The minimum atomic E-state index is -0.299. The molecule has 0 aromatic carbocycles. The molecule has 1 N–H and O–H groups in total. The SMILES string of the molecule is COc1nnc(NC(=O)c2cnc(C)cc2-c2ccncc2C)s1. The molecule has 0 aliphatic heterocycles. The van der Waals surface area contributed by atoms with Gasteiger partial charge in [-0.25, -0.2) is 0 Å². The molecule has 3 aromatic heterocycles. The maximum absolute atomic E-state index is 12.7. The van der Waals surface area contributed by atoms with E-state index in [9.17, 15) is 4.79 Å². The minimum Gasteiger partial charge on any atom is -0.472 e. The molecule has 0 atom stereocenters. The zero-order valence-electron chi connectivity index (χ0n) is 13.4. The molecule has 7 nitrogen and oxygen atoms in total. The normalized spacial score (nSPS) is 10.5. The predicted octanol–water partition coefficient (Wildman–Crippen LogP) is 2.87. The van der Waals surface area contributed by atoms with Gasteiger partial charge in [-0.3, -0.25) is 20.1 Å². The van der Waals surface area contributed by atoms with Crippen molar-refractivity contribution in [2.24, 2.45) is 0 Å². The summed E-state index contributed by atoms with van der Waals surface area (Å²) in [7, 11) is 1.50. The number of carbonyl (C=O) groups is 1. The second-order valence-electron chi connectivity index (χ2n) is 5.09. The molecule has 0 saturated carbocycles. The van der Waals surface area contributed by atoms with Crippen molar-refractivity contribution in [3.05, 3.63) is 47.5 Å². The third kappa shape index (κ3) is 3.23.